The number of carbonyl (C=O) groups is 1. The Bertz CT molecular complexity index is 1090. The molecule has 3 rings (SSSR count). The number of anilines is 1. The largest absolute Gasteiger partial charge is 0.497 e. The van der Waals surface area contributed by atoms with Gasteiger partial charge >= 0.3 is 0 Å². The lowest BCUT2D eigenvalue weighted by atomic mass is 10.1. The fraction of sp³-hybridized carbons (Fsp3) is 0.158. The van der Waals surface area contributed by atoms with Gasteiger partial charge in [0.15, 0.2) is 23.3 Å². The van der Waals surface area contributed by atoms with Gasteiger partial charge in [0.1, 0.15) is 11.5 Å². The third-order valence-corrected chi connectivity index (χ3v) is 4.83. The molecule has 156 valence electrons. The first-order valence-electron chi connectivity index (χ1n) is 8.45. The van der Waals surface area contributed by atoms with Crippen LogP contribution in [0.2, 0.25) is 0 Å². The summed E-state index contributed by atoms with van der Waals surface area (Å²) in [6, 6.07) is 8.34. The molecule has 0 atom stereocenters. The Labute approximate surface area is 174 Å². The SMILES string of the molecule is COc1cc(-c2cnc(NC(=O)COc3ccc(OC)cc3F)s2)cc([N+](=O)[O-])c1. The van der Waals surface area contributed by atoms with Crippen molar-refractivity contribution in [3.63, 3.8) is 0 Å². The summed E-state index contributed by atoms with van der Waals surface area (Å²) >= 11 is 1.12. The van der Waals surface area contributed by atoms with Crippen molar-refractivity contribution in [2.24, 2.45) is 0 Å². The van der Waals surface area contributed by atoms with Crippen molar-refractivity contribution in [3.05, 3.63) is 58.5 Å². The molecule has 1 amide bonds. The molecular weight excluding hydrogens is 417 g/mol. The van der Waals surface area contributed by atoms with E-state index in [1.807, 2.05) is 0 Å². The van der Waals surface area contributed by atoms with Crippen LogP contribution in [0, 0.1) is 15.9 Å². The van der Waals surface area contributed by atoms with E-state index in [9.17, 15) is 19.3 Å². The molecular formula is C19H16FN3O6S. The zero-order chi connectivity index (χ0) is 21.7. The van der Waals surface area contributed by atoms with Gasteiger partial charge in [0.25, 0.3) is 11.6 Å². The molecule has 3 aromatic rings. The Kier molecular flexibility index (Phi) is 6.42. The highest BCUT2D eigenvalue weighted by Gasteiger charge is 2.15. The number of rotatable bonds is 8. The Morgan fingerprint density at radius 2 is 1.97 bits per heavy atom. The third-order valence-electron chi connectivity index (χ3n) is 3.87. The quantitative estimate of drug-likeness (QED) is 0.423. The molecule has 0 unspecified atom stereocenters. The van der Waals surface area contributed by atoms with E-state index in [0.717, 1.165) is 17.4 Å². The number of nitrogens with zero attached hydrogens (tertiary/aromatic N) is 2. The summed E-state index contributed by atoms with van der Waals surface area (Å²) in [6.45, 7) is -0.428. The molecule has 0 aliphatic heterocycles. The molecule has 0 saturated carbocycles. The van der Waals surface area contributed by atoms with Crippen LogP contribution in [-0.2, 0) is 4.79 Å². The van der Waals surface area contributed by atoms with E-state index < -0.39 is 23.3 Å². The van der Waals surface area contributed by atoms with Crippen LogP contribution < -0.4 is 19.5 Å². The highest BCUT2D eigenvalue weighted by atomic mass is 32.1. The van der Waals surface area contributed by atoms with Crippen LogP contribution in [0.4, 0.5) is 15.2 Å². The second kappa shape index (κ2) is 9.18. The number of carbonyl (C=O) groups excluding carboxylic acids is 1. The highest BCUT2D eigenvalue weighted by molar-refractivity contribution is 7.19. The molecule has 0 spiro atoms. The lowest BCUT2D eigenvalue weighted by Gasteiger charge is -2.08. The summed E-state index contributed by atoms with van der Waals surface area (Å²) in [5.74, 6) is -0.624. The van der Waals surface area contributed by atoms with Gasteiger partial charge in [0, 0.05) is 23.9 Å². The molecule has 0 saturated heterocycles. The van der Waals surface area contributed by atoms with Crippen LogP contribution in [0.3, 0.4) is 0 Å². The van der Waals surface area contributed by atoms with Crippen LogP contribution in [0.5, 0.6) is 17.2 Å². The lowest BCUT2D eigenvalue weighted by molar-refractivity contribution is -0.384. The van der Waals surface area contributed by atoms with Crippen molar-refractivity contribution < 1.29 is 28.3 Å². The van der Waals surface area contributed by atoms with Gasteiger partial charge in [-0.1, -0.05) is 11.3 Å². The van der Waals surface area contributed by atoms with Gasteiger partial charge < -0.3 is 14.2 Å². The average molecular weight is 433 g/mol. The topological polar surface area (TPSA) is 113 Å². The molecule has 1 heterocycles. The monoisotopic (exact) mass is 433 g/mol. The van der Waals surface area contributed by atoms with Gasteiger partial charge in [0.2, 0.25) is 0 Å². The number of halogens is 1. The van der Waals surface area contributed by atoms with Gasteiger partial charge in [-0.15, -0.1) is 0 Å². The third kappa shape index (κ3) is 5.00. The minimum Gasteiger partial charge on any atom is -0.497 e. The van der Waals surface area contributed by atoms with E-state index >= 15 is 0 Å². The Morgan fingerprint density at radius 3 is 2.63 bits per heavy atom. The van der Waals surface area contributed by atoms with Crippen LogP contribution in [0.25, 0.3) is 10.4 Å². The summed E-state index contributed by atoms with van der Waals surface area (Å²) in [6.07, 6.45) is 1.47. The fourth-order valence-electron chi connectivity index (χ4n) is 2.44. The molecule has 0 aliphatic rings. The minimum atomic E-state index is -0.654. The van der Waals surface area contributed by atoms with Crippen molar-refractivity contribution >= 4 is 28.1 Å². The fourth-order valence-corrected chi connectivity index (χ4v) is 3.26. The smallest absolute Gasteiger partial charge is 0.273 e. The van der Waals surface area contributed by atoms with Crippen molar-refractivity contribution in [1.29, 1.82) is 0 Å². The van der Waals surface area contributed by atoms with E-state index in [1.165, 1.54) is 44.7 Å². The molecule has 0 radical (unpaired) electrons. The number of methoxy groups -OCH3 is 2. The predicted octanol–water partition coefficient (Wildman–Crippen LogP) is 3.89. The number of benzene rings is 2. The number of hydrogen-bond donors (Lipinski definition) is 1. The zero-order valence-electron chi connectivity index (χ0n) is 15.9. The lowest BCUT2D eigenvalue weighted by Crippen LogP contribution is -2.20. The number of nitro benzene ring substituents is 1. The Hall–Kier alpha value is -3.73. The maximum absolute atomic E-state index is 13.9. The molecule has 0 aliphatic carbocycles. The zero-order valence-corrected chi connectivity index (χ0v) is 16.7. The van der Waals surface area contributed by atoms with Crippen LogP contribution in [0.1, 0.15) is 0 Å². The van der Waals surface area contributed by atoms with E-state index in [1.54, 1.807) is 6.07 Å². The molecule has 0 fully saturated rings. The van der Waals surface area contributed by atoms with E-state index in [4.69, 9.17) is 14.2 Å². The average Bonchev–Trinajstić information content (AvgIpc) is 3.20. The Balaban J connectivity index is 1.66. The Morgan fingerprint density at radius 1 is 1.20 bits per heavy atom. The van der Waals surface area contributed by atoms with Crippen molar-refractivity contribution in [2.75, 3.05) is 26.1 Å². The van der Waals surface area contributed by atoms with Gasteiger partial charge in [-0.25, -0.2) is 9.37 Å². The van der Waals surface area contributed by atoms with E-state index in [-0.39, 0.29) is 16.6 Å². The molecule has 9 nitrogen and oxygen atoms in total. The van der Waals surface area contributed by atoms with Gasteiger partial charge in [0.05, 0.1) is 30.1 Å². The number of nitro groups is 1. The second-order valence-corrected chi connectivity index (χ2v) is 6.87. The number of non-ortho nitro benzene ring substituents is 1. The summed E-state index contributed by atoms with van der Waals surface area (Å²) in [5, 5.41) is 13.9. The van der Waals surface area contributed by atoms with Gasteiger partial charge in [-0.2, -0.15) is 0 Å². The van der Waals surface area contributed by atoms with Crippen molar-refractivity contribution in [2.45, 2.75) is 0 Å². The first kappa shape index (κ1) is 21.0. The molecule has 1 aromatic heterocycles. The summed E-state index contributed by atoms with van der Waals surface area (Å²) < 4.78 is 29.0. The minimum absolute atomic E-state index is 0.0885. The molecule has 30 heavy (non-hydrogen) atoms. The number of amides is 1. The molecule has 0 bridgehead atoms. The number of thiazole rings is 1. The van der Waals surface area contributed by atoms with E-state index in [0.29, 0.717) is 21.9 Å². The maximum Gasteiger partial charge on any atom is 0.273 e. The van der Waals surface area contributed by atoms with Crippen LogP contribution in [0.15, 0.2) is 42.6 Å². The maximum atomic E-state index is 13.9. The van der Waals surface area contributed by atoms with Crippen molar-refractivity contribution in [3.8, 4) is 27.7 Å². The highest BCUT2D eigenvalue weighted by Crippen LogP contribution is 2.34. The van der Waals surface area contributed by atoms with Crippen LogP contribution >= 0.6 is 11.3 Å². The first-order valence-corrected chi connectivity index (χ1v) is 9.27. The second-order valence-electron chi connectivity index (χ2n) is 5.84. The van der Waals surface area contributed by atoms with Crippen molar-refractivity contribution in [1.82, 2.24) is 4.98 Å². The number of ether oxygens (including phenoxy) is 3. The summed E-state index contributed by atoms with van der Waals surface area (Å²) in [4.78, 5) is 27.3. The van der Waals surface area contributed by atoms with Gasteiger partial charge in [-0.3, -0.25) is 20.2 Å². The molecule has 2 aromatic carbocycles. The predicted molar refractivity (Wildman–Crippen MR) is 108 cm³/mol. The number of aromatic nitrogens is 1. The first-order chi connectivity index (χ1) is 14.4. The molecule has 1 N–H and O–H groups in total. The van der Waals surface area contributed by atoms with E-state index in [2.05, 4.69) is 10.3 Å². The number of hydrogen-bond acceptors (Lipinski definition) is 8. The normalized spacial score (nSPS) is 10.4. The standard InChI is InChI=1S/C19H16FN3O6S/c1-27-13-3-4-16(15(20)8-13)29-10-18(24)22-19-21-9-17(30-19)11-5-12(23(25)26)7-14(6-11)28-2/h3-9H,10H2,1-2H3,(H,21,22,24). The summed E-state index contributed by atoms with van der Waals surface area (Å²) in [5.41, 5.74) is 0.397. The summed E-state index contributed by atoms with van der Waals surface area (Å²) in [7, 11) is 2.82. The van der Waals surface area contributed by atoms with Gasteiger partial charge in [-0.05, 0) is 18.2 Å². The molecule has 11 heteroatoms. The number of nitrogens with one attached hydrogen (secondary N) is 1. The van der Waals surface area contributed by atoms with Crippen LogP contribution in [-0.4, -0.2) is 36.6 Å².